The quantitative estimate of drug-likeness (QED) is 0.631. The monoisotopic (exact) mass is 351 g/mol. The molecule has 6 unspecified atom stereocenters. The molecule has 5 aliphatic carbocycles. The van der Waals surface area contributed by atoms with Crippen LogP contribution in [0.3, 0.4) is 0 Å². The first-order chi connectivity index (χ1) is 12.6. The van der Waals surface area contributed by atoms with Crippen LogP contribution in [0.1, 0.15) is 58.8 Å². The van der Waals surface area contributed by atoms with E-state index in [1.807, 2.05) is 0 Å². The van der Waals surface area contributed by atoms with Crippen molar-refractivity contribution >= 4 is 5.71 Å². The minimum absolute atomic E-state index is 0.0899. The van der Waals surface area contributed by atoms with Crippen LogP contribution in [0, 0.1) is 52.2 Å². The summed E-state index contributed by atoms with van der Waals surface area (Å²) in [4.78, 5) is 0. The van der Waals surface area contributed by atoms with Gasteiger partial charge in [-0.2, -0.15) is 0 Å². The van der Waals surface area contributed by atoms with Crippen LogP contribution < -0.4 is 0 Å². The summed E-state index contributed by atoms with van der Waals surface area (Å²) in [5.74, 6) is 5.97. The fraction of sp³-hybridized carbons (Fsp3) is 0.792. The van der Waals surface area contributed by atoms with Crippen molar-refractivity contribution in [3.63, 3.8) is 0 Å². The van der Waals surface area contributed by atoms with E-state index < -0.39 is 0 Å². The lowest BCUT2D eigenvalue weighted by Gasteiger charge is -2.60. The molecular formula is C24H33NO. The molecule has 1 N–H and O–H groups in total. The predicted molar refractivity (Wildman–Crippen MR) is 104 cm³/mol. The van der Waals surface area contributed by atoms with Crippen LogP contribution in [0.15, 0.2) is 23.8 Å². The molecule has 4 fully saturated rings. The zero-order chi connectivity index (χ0) is 17.7. The van der Waals surface area contributed by atoms with E-state index >= 15 is 0 Å². The Morgan fingerprint density at radius 3 is 2.92 bits per heavy atom. The summed E-state index contributed by atoms with van der Waals surface area (Å²) in [5, 5.41) is 8.14. The van der Waals surface area contributed by atoms with E-state index in [0.29, 0.717) is 5.41 Å². The molecule has 1 spiro atoms. The van der Waals surface area contributed by atoms with Gasteiger partial charge in [-0.3, -0.25) is 0 Å². The first-order valence-corrected chi connectivity index (χ1v) is 11.2. The van der Waals surface area contributed by atoms with Crippen LogP contribution in [0.4, 0.5) is 0 Å². The maximum Gasteiger partial charge on any atom is 0.0957 e. The molecule has 4 saturated carbocycles. The molecule has 0 bridgehead atoms. The summed E-state index contributed by atoms with van der Waals surface area (Å²) in [6, 6.07) is 0. The third-order valence-corrected chi connectivity index (χ3v) is 9.81. The summed E-state index contributed by atoms with van der Waals surface area (Å²) >= 11 is 0. The highest BCUT2D eigenvalue weighted by molar-refractivity contribution is 5.93. The van der Waals surface area contributed by atoms with E-state index in [-0.39, 0.29) is 5.60 Å². The SMILES string of the molecule is CC[C@]12CCC3C(C(C)CC4=CC(=N)CC[C@@H]43)C1C1CC1[C@@]21C=CCO1. The maximum atomic E-state index is 8.14. The molecule has 0 amide bonds. The van der Waals surface area contributed by atoms with Gasteiger partial charge in [-0.25, -0.2) is 0 Å². The predicted octanol–water partition coefficient (Wildman–Crippen LogP) is 5.40. The average molecular weight is 352 g/mol. The molecule has 1 heterocycles. The number of ether oxygens (including phenoxy) is 1. The second kappa shape index (κ2) is 5.13. The van der Waals surface area contributed by atoms with Crippen molar-refractivity contribution in [3.05, 3.63) is 23.8 Å². The highest BCUT2D eigenvalue weighted by atomic mass is 16.5. The minimum Gasteiger partial charge on any atom is -0.366 e. The van der Waals surface area contributed by atoms with Crippen LogP contribution in [-0.4, -0.2) is 17.9 Å². The molecule has 1 aliphatic heterocycles. The Morgan fingerprint density at radius 2 is 2.15 bits per heavy atom. The Bertz CT molecular complexity index is 722. The van der Waals surface area contributed by atoms with Crippen LogP contribution in [0.2, 0.25) is 0 Å². The first kappa shape index (κ1) is 16.1. The van der Waals surface area contributed by atoms with Gasteiger partial charge in [0.25, 0.3) is 0 Å². The summed E-state index contributed by atoms with van der Waals surface area (Å²) in [5.41, 5.74) is 3.02. The normalized spacial score (nSPS) is 56.6. The lowest BCUT2D eigenvalue weighted by Crippen LogP contribution is -2.57. The molecule has 0 saturated heterocycles. The van der Waals surface area contributed by atoms with Crippen molar-refractivity contribution in [1.82, 2.24) is 0 Å². The molecule has 2 nitrogen and oxygen atoms in total. The van der Waals surface area contributed by atoms with Gasteiger partial charge in [0, 0.05) is 11.1 Å². The zero-order valence-electron chi connectivity index (χ0n) is 16.3. The van der Waals surface area contributed by atoms with Crippen LogP contribution in [-0.2, 0) is 4.74 Å². The summed E-state index contributed by atoms with van der Waals surface area (Å²) in [6.07, 6.45) is 16.1. The van der Waals surface area contributed by atoms with Crippen molar-refractivity contribution in [2.45, 2.75) is 64.4 Å². The largest absolute Gasteiger partial charge is 0.366 e. The molecule has 140 valence electrons. The minimum atomic E-state index is 0.0899. The van der Waals surface area contributed by atoms with E-state index in [0.717, 1.165) is 60.2 Å². The number of hydrogen-bond acceptors (Lipinski definition) is 2. The fourth-order valence-electron chi connectivity index (χ4n) is 9.08. The van der Waals surface area contributed by atoms with Crippen LogP contribution in [0.5, 0.6) is 0 Å². The topological polar surface area (TPSA) is 33.1 Å². The number of fused-ring (bicyclic) bond motifs is 9. The van der Waals surface area contributed by atoms with Gasteiger partial charge in [-0.1, -0.05) is 31.6 Å². The van der Waals surface area contributed by atoms with Gasteiger partial charge >= 0.3 is 0 Å². The third kappa shape index (κ3) is 1.72. The van der Waals surface area contributed by atoms with E-state index in [9.17, 15) is 0 Å². The van der Waals surface area contributed by atoms with Crippen molar-refractivity contribution in [2.24, 2.45) is 46.8 Å². The van der Waals surface area contributed by atoms with E-state index in [1.54, 1.807) is 5.57 Å². The number of allylic oxidation sites excluding steroid dienone is 2. The summed E-state index contributed by atoms with van der Waals surface area (Å²) in [6.45, 7) is 5.83. The highest BCUT2D eigenvalue weighted by Gasteiger charge is 2.77. The standard InChI is InChI=1S/C24H33NO/c1-3-23-9-7-18-17-6-5-16(25)12-15(17)11-14(2)21(18)22(23)19-13-20(19)24(23)8-4-10-26-24/h4,8,12,14,17-22,25H,3,5-7,9-11,13H2,1-2H3/t14?,17-,18?,19?,20?,21?,22?,23-,24-/m0/s1. The lowest BCUT2D eigenvalue weighted by atomic mass is 9.46. The molecule has 0 radical (unpaired) electrons. The summed E-state index contributed by atoms with van der Waals surface area (Å²) in [7, 11) is 0. The Kier molecular flexibility index (Phi) is 3.18. The third-order valence-electron chi connectivity index (χ3n) is 9.81. The highest BCUT2D eigenvalue weighted by Crippen LogP contribution is 2.78. The number of nitrogens with one attached hydrogen (secondary N) is 1. The molecule has 0 aromatic heterocycles. The van der Waals surface area contributed by atoms with Gasteiger partial charge in [0.05, 0.1) is 12.2 Å². The van der Waals surface area contributed by atoms with Gasteiger partial charge in [0.1, 0.15) is 0 Å². The zero-order valence-corrected chi connectivity index (χ0v) is 16.3. The fourth-order valence-corrected chi connectivity index (χ4v) is 9.08. The Balaban J connectivity index is 1.43. The van der Waals surface area contributed by atoms with Crippen molar-refractivity contribution < 1.29 is 4.74 Å². The molecule has 6 aliphatic rings. The first-order valence-electron chi connectivity index (χ1n) is 11.2. The van der Waals surface area contributed by atoms with Crippen molar-refractivity contribution in [1.29, 1.82) is 5.41 Å². The number of rotatable bonds is 1. The Hall–Kier alpha value is -0.890. The van der Waals surface area contributed by atoms with Crippen molar-refractivity contribution in [3.8, 4) is 0 Å². The van der Waals surface area contributed by atoms with Crippen LogP contribution >= 0.6 is 0 Å². The second-order valence-electron chi connectivity index (χ2n) is 10.4. The van der Waals surface area contributed by atoms with Crippen molar-refractivity contribution in [2.75, 3.05) is 6.61 Å². The van der Waals surface area contributed by atoms with Gasteiger partial charge in [0.2, 0.25) is 0 Å². The van der Waals surface area contributed by atoms with Gasteiger partial charge in [0.15, 0.2) is 0 Å². The van der Waals surface area contributed by atoms with E-state index in [2.05, 4.69) is 32.1 Å². The molecule has 0 aromatic rings. The Morgan fingerprint density at radius 1 is 1.27 bits per heavy atom. The van der Waals surface area contributed by atoms with Gasteiger partial charge < -0.3 is 10.1 Å². The Labute approximate surface area is 158 Å². The lowest BCUT2D eigenvalue weighted by molar-refractivity contribution is -0.150. The molecule has 9 atom stereocenters. The molecule has 26 heavy (non-hydrogen) atoms. The molecule has 2 heteroatoms. The maximum absolute atomic E-state index is 8.14. The van der Waals surface area contributed by atoms with Gasteiger partial charge in [-0.15, -0.1) is 0 Å². The van der Waals surface area contributed by atoms with Crippen LogP contribution in [0.25, 0.3) is 0 Å². The average Bonchev–Trinajstić information content (AvgIpc) is 3.21. The molecule has 6 rings (SSSR count). The van der Waals surface area contributed by atoms with E-state index in [1.165, 1.54) is 38.5 Å². The summed E-state index contributed by atoms with van der Waals surface area (Å²) < 4.78 is 6.60. The van der Waals surface area contributed by atoms with Gasteiger partial charge in [-0.05, 0) is 92.4 Å². The van der Waals surface area contributed by atoms with E-state index in [4.69, 9.17) is 10.1 Å². The smallest absolute Gasteiger partial charge is 0.0957 e. The second-order valence-corrected chi connectivity index (χ2v) is 10.4. The molecule has 0 aromatic carbocycles. The molecular weight excluding hydrogens is 318 g/mol. The number of hydrogen-bond donors (Lipinski definition) is 1.